The number of nitrogens with zero attached hydrogens (tertiary/aromatic N) is 1. The lowest BCUT2D eigenvalue weighted by Crippen LogP contribution is -2.28. The topological polar surface area (TPSA) is 40.5 Å². The highest BCUT2D eigenvalue weighted by Crippen LogP contribution is 2.23. The molecule has 1 heterocycles. The van der Waals surface area contributed by atoms with E-state index in [1.54, 1.807) is 12.1 Å². The van der Waals surface area contributed by atoms with Crippen LogP contribution in [0, 0.1) is 0 Å². The van der Waals surface area contributed by atoms with Crippen LogP contribution in [0.15, 0.2) is 24.3 Å². The molecule has 1 unspecified atom stereocenters. The van der Waals surface area contributed by atoms with E-state index in [-0.39, 0.29) is 6.23 Å². The minimum Gasteiger partial charge on any atom is -0.374 e. The molecule has 1 aliphatic heterocycles. The van der Waals surface area contributed by atoms with Gasteiger partial charge in [0.25, 0.3) is 0 Å². The van der Waals surface area contributed by atoms with E-state index in [9.17, 15) is 9.90 Å². The standard InChI is InChI=1S/C11H13NO2/c13-8-9-3-5-10(6-4-9)12-7-1-2-11(12)14/h3-6,8,11,14H,1-2,7H2. The van der Waals surface area contributed by atoms with Gasteiger partial charge in [0.2, 0.25) is 0 Å². The molecule has 1 aromatic carbocycles. The van der Waals surface area contributed by atoms with Crippen molar-refractivity contribution in [3.63, 3.8) is 0 Å². The van der Waals surface area contributed by atoms with Gasteiger partial charge in [-0.15, -0.1) is 0 Å². The van der Waals surface area contributed by atoms with Gasteiger partial charge in [-0.05, 0) is 37.1 Å². The number of carbonyl (C=O) groups is 1. The normalized spacial score (nSPS) is 21.2. The maximum atomic E-state index is 10.4. The predicted octanol–water partition coefficient (Wildman–Crippen LogP) is 1.42. The molecule has 14 heavy (non-hydrogen) atoms. The van der Waals surface area contributed by atoms with Crippen LogP contribution in [0.4, 0.5) is 5.69 Å². The van der Waals surface area contributed by atoms with Crippen LogP contribution in [-0.4, -0.2) is 24.2 Å². The Morgan fingerprint density at radius 1 is 1.36 bits per heavy atom. The maximum absolute atomic E-state index is 10.4. The van der Waals surface area contributed by atoms with Crippen LogP contribution in [0.3, 0.4) is 0 Å². The van der Waals surface area contributed by atoms with E-state index in [0.29, 0.717) is 5.56 Å². The Bertz CT molecular complexity index is 321. The number of aldehydes is 1. The second-order valence-electron chi connectivity index (χ2n) is 3.53. The summed E-state index contributed by atoms with van der Waals surface area (Å²) in [5.41, 5.74) is 1.66. The number of hydrogen-bond donors (Lipinski definition) is 1. The fraction of sp³-hybridized carbons (Fsp3) is 0.364. The lowest BCUT2D eigenvalue weighted by Gasteiger charge is -2.22. The summed E-state index contributed by atoms with van der Waals surface area (Å²) in [6.45, 7) is 0.890. The molecule has 0 aliphatic carbocycles. The van der Waals surface area contributed by atoms with Crippen LogP contribution in [0.1, 0.15) is 23.2 Å². The summed E-state index contributed by atoms with van der Waals surface area (Å²) in [6, 6.07) is 7.29. The zero-order valence-electron chi connectivity index (χ0n) is 7.89. The molecule has 0 aromatic heterocycles. The number of rotatable bonds is 2. The number of aliphatic hydroxyl groups excluding tert-OH is 1. The Hall–Kier alpha value is -1.35. The second kappa shape index (κ2) is 3.80. The van der Waals surface area contributed by atoms with Crippen LogP contribution in [0.25, 0.3) is 0 Å². The maximum Gasteiger partial charge on any atom is 0.150 e. The first-order valence-electron chi connectivity index (χ1n) is 4.81. The molecule has 3 heteroatoms. The molecular weight excluding hydrogens is 178 g/mol. The molecule has 1 aliphatic rings. The molecule has 0 amide bonds. The second-order valence-corrected chi connectivity index (χ2v) is 3.53. The zero-order chi connectivity index (χ0) is 9.97. The number of benzene rings is 1. The highest BCUT2D eigenvalue weighted by atomic mass is 16.3. The van der Waals surface area contributed by atoms with Gasteiger partial charge in [0.05, 0.1) is 0 Å². The van der Waals surface area contributed by atoms with E-state index in [4.69, 9.17) is 0 Å². The average Bonchev–Trinajstić information content (AvgIpc) is 2.65. The highest BCUT2D eigenvalue weighted by Gasteiger charge is 2.21. The van der Waals surface area contributed by atoms with Gasteiger partial charge in [-0.3, -0.25) is 4.79 Å². The van der Waals surface area contributed by atoms with Crippen LogP contribution in [0.5, 0.6) is 0 Å². The molecule has 1 fully saturated rings. The number of aliphatic hydroxyl groups is 1. The Morgan fingerprint density at radius 3 is 2.57 bits per heavy atom. The summed E-state index contributed by atoms with van der Waals surface area (Å²) in [7, 11) is 0. The number of anilines is 1. The van der Waals surface area contributed by atoms with Gasteiger partial charge in [0.15, 0.2) is 0 Å². The SMILES string of the molecule is O=Cc1ccc(N2CCCC2O)cc1. The van der Waals surface area contributed by atoms with Crippen molar-refractivity contribution in [1.29, 1.82) is 0 Å². The summed E-state index contributed by atoms with van der Waals surface area (Å²) >= 11 is 0. The molecule has 1 aromatic rings. The molecule has 0 radical (unpaired) electrons. The third kappa shape index (κ3) is 1.63. The minimum atomic E-state index is -0.364. The van der Waals surface area contributed by atoms with E-state index < -0.39 is 0 Å². The van der Waals surface area contributed by atoms with Crippen LogP contribution in [0.2, 0.25) is 0 Å². The van der Waals surface area contributed by atoms with Crippen molar-refractivity contribution >= 4 is 12.0 Å². The van der Waals surface area contributed by atoms with Crippen molar-refractivity contribution < 1.29 is 9.90 Å². The third-order valence-electron chi connectivity index (χ3n) is 2.58. The largest absolute Gasteiger partial charge is 0.374 e. The summed E-state index contributed by atoms with van der Waals surface area (Å²) in [5, 5.41) is 9.63. The van der Waals surface area contributed by atoms with Crippen LogP contribution in [-0.2, 0) is 0 Å². The molecule has 0 bridgehead atoms. The lowest BCUT2D eigenvalue weighted by molar-refractivity contribution is 0.112. The van der Waals surface area contributed by atoms with Crippen molar-refractivity contribution in [2.24, 2.45) is 0 Å². The van der Waals surface area contributed by atoms with Crippen molar-refractivity contribution in [2.45, 2.75) is 19.1 Å². The summed E-state index contributed by atoms with van der Waals surface area (Å²) in [4.78, 5) is 12.4. The van der Waals surface area contributed by atoms with Gasteiger partial charge in [0.1, 0.15) is 12.5 Å². The van der Waals surface area contributed by atoms with Gasteiger partial charge in [-0.25, -0.2) is 0 Å². The van der Waals surface area contributed by atoms with Gasteiger partial charge in [0, 0.05) is 17.8 Å². The Kier molecular flexibility index (Phi) is 2.50. The smallest absolute Gasteiger partial charge is 0.150 e. The van der Waals surface area contributed by atoms with Gasteiger partial charge in [-0.1, -0.05) is 0 Å². The van der Waals surface area contributed by atoms with Crippen molar-refractivity contribution in [2.75, 3.05) is 11.4 Å². The molecular formula is C11H13NO2. The molecule has 74 valence electrons. The zero-order valence-corrected chi connectivity index (χ0v) is 7.89. The monoisotopic (exact) mass is 191 g/mol. The first-order chi connectivity index (χ1) is 6.81. The summed E-state index contributed by atoms with van der Waals surface area (Å²) < 4.78 is 0. The van der Waals surface area contributed by atoms with Crippen molar-refractivity contribution in [1.82, 2.24) is 0 Å². The summed E-state index contributed by atoms with van der Waals surface area (Å²) in [6.07, 6.45) is 2.31. The van der Waals surface area contributed by atoms with Crippen molar-refractivity contribution in [3.8, 4) is 0 Å². The number of hydrogen-bond acceptors (Lipinski definition) is 3. The van der Waals surface area contributed by atoms with Crippen LogP contribution >= 0.6 is 0 Å². The highest BCUT2D eigenvalue weighted by molar-refractivity contribution is 5.75. The molecule has 0 saturated carbocycles. The van der Waals surface area contributed by atoms with Gasteiger partial charge in [-0.2, -0.15) is 0 Å². The predicted molar refractivity (Wildman–Crippen MR) is 54.4 cm³/mol. The molecule has 1 atom stereocenters. The van der Waals surface area contributed by atoms with E-state index in [0.717, 1.165) is 31.4 Å². The fourth-order valence-corrected chi connectivity index (χ4v) is 1.79. The van der Waals surface area contributed by atoms with E-state index >= 15 is 0 Å². The average molecular weight is 191 g/mol. The van der Waals surface area contributed by atoms with Gasteiger partial charge >= 0.3 is 0 Å². The van der Waals surface area contributed by atoms with Gasteiger partial charge < -0.3 is 10.0 Å². The molecule has 3 nitrogen and oxygen atoms in total. The van der Waals surface area contributed by atoms with E-state index in [2.05, 4.69) is 0 Å². The van der Waals surface area contributed by atoms with E-state index in [1.807, 2.05) is 17.0 Å². The minimum absolute atomic E-state index is 0.364. The lowest BCUT2D eigenvalue weighted by atomic mass is 10.2. The third-order valence-corrected chi connectivity index (χ3v) is 2.58. The molecule has 1 saturated heterocycles. The van der Waals surface area contributed by atoms with E-state index in [1.165, 1.54) is 0 Å². The Balaban J connectivity index is 2.19. The first-order valence-corrected chi connectivity index (χ1v) is 4.81. The molecule has 1 N–H and O–H groups in total. The molecule has 2 rings (SSSR count). The van der Waals surface area contributed by atoms with Crippen molar-refractivity contribution in [3.05, 3.63) is 29.8 Å². The first kappa shape index (κ1) is 9.21. The Morgan fingerprint density at radius 2 is 2.07 bits per heavy atom. The fourth-order valence-electron chi connectivity index (χ4n) is 1.79. The number of carbonyl (C=O) groups excluding carboxylic acids is 1. The van der Waals surface area contributed by atoms with Crippen LogP contribution < -0.4 is 4.90 Å². The Labute approximate surface area is 83.0 Å². The molecule has 0 spiro atoms. The quantitative estimate of drug-likeness (QED) is 0.719. The summed E-state index contributed by atoms with van der Waals surface area (Å²) in [5.74, 6) is 0.